The van der Waals surface area contributed by atoms with Gasteiger partial charge in [-0.05, 0) is 19.8 Å². The molecule has 0 aromatic rings. The van der Waals surface area contributed by atoms with E-state index in [9.17, 15) is 9.59 Å². The van der Waals surface area contributed by atoms with E-state index < -0.39 is 17.6 Å². The lowest BCUT2D eigenvalue weighted by Crippen LogP contribution is -2.55. The van der Waals surface area contributed by atoms with Crippen molar-refractivity contribution >= 4 is 11.9 Å². The third-order valence-electron chi connectivity index (χ3n) is 2.37. The first-order valence-electron chi connectivity index (χ1n) is 5.28. The maximum atomic E-state index is 11.5. The number of hydrogen-bond donors (Lipinski definition) is 2. The number of rotatable bonds is 6. The topological polar surface area (TPSA) is 75.6 Å². The predicted octanol–water partition coefficient (Wildman–Crippen LogP) is 1.03. The van der Waals surface area contributed by atoms with Gasteiger partial charge >= 0.3 is 5.97 Å². The quantitative estimate of drug-likeness (QED) is 0.715. The third kappa shape index (κ3) is 4.61. The summed E-state index contributed by atoms with van der Waals surface area (Å²) >= 11 is 0. The van der Waals surface area contributed by atoms with Crippen LogP contribution in [0.1, 0.15) is 34.1 Å². The van der Waals surface area contributed by atoms with Gasteiger partial charge in [0, 0.05) is 13.5 Å². The van der Waals surface area contributed by atoms with Gasteiger partial charge in [-0.3, -0.25) is 4.79 Å². The number of carboxylic acids is 1. The number of nitrogens with one attached hydrogen (secondary N) is 1. The second kappa shape index (κ2) is 5.84. The summed E-state index contributed by atoms with van der Waals surface area (Å²) in [5.41, 5.74) is -0.932. The number of methoxy groups -OCH3 is 1. The van der Waals surface area contributed by atoms with E-state index in [1.807, 2.05) is 13.8 Å². The normalized spacial score (nSPS) is 13.6. The first-order chi connectivity index (χ1) is 7.20. The molecular weight excluding hydrogens is 210 g/mol. The van der Waals surface area contributed by atoms with Crippen LogP contribution >= 0.6 is 0 Å². The molecule has 0 aliphatic rings. The van der Waals surface area contributed by atoms with Crippen LogP contribution < -0.4 is 5.32 Å². The predicted molar refractivity (Wildman–Crippen MR) is 60.1 cm³/mol. The molecular formula is C11H21NO4. The average molecular weight is 231 g/mol. The number of carbonyl (C=O) groups excluding carboxylic acids is 1. The van der Waals surface area contributed by atoms with Crippen LogP contribution in [0.25, 0.3) is 0 Å². The number of amides is 1. The fraction of sp³-hybridized carbons (Fsp3) is 0.818. The van der Waals surface area contributed by atoms with Gasteiger partial charge in [0.15, 0.2) is 6.04 Å². The summed E-state index contributed by atoms with van der Waals surface area (Å²) in [6, 6.07) is -1.04. The van der Waals surface area contributed by atoms with Crippen molar-refractivity contribution in [2.45, 2.75) is 45.8 Å². The Labute approximate surface area is 96.2 Å². The van der Waals surface area contributed by atoms with E-state index in [1.54, 1.807) is 13.8 Å². The summed E-state index contributed by atoms with van der Waals surface area (Å²) in [5, 5.41) is 11.5. The van der Waals surface area contributed by atoms with Crippen molar-refractivity contribution in [2.75, 3.05) is 7.11 Å². The zero-order valence-corrected chi connectivity index (χ0v) is 10.5. The molecule has 0 saturated heterocycles. The Morgan fingerprint density at radius 3 is 2.19 bits per heavy atom. The Morgan fingerprint density at radius 2 is 1.88 bits per heavy atom. The molecule has 0 bridgehead atoms. The highest BCUT2D eigenvalue weighted by Gasteiger charge is 2.36. The van der Waals surface area contributed by atoms with Gasteiger partial charge in [-0.25, -0.2) is 4.79 Å². The highest BCUT2D eigenvalue weighted by Crippen LogP contribution is 2.14. The van der Waals surface area contributed by atoms with Crippen LogP contribution in [0, 0.1) is 5.92 Å². The molecule has 94 valence electrons. The van der Waals surface area contributed by atoms with E-state index in [4.69, 9.17) is 9.84 Å². The Hall–Kier alpha value is -1.10. The van der Waals surface area contributed by atoms with Crippen molar-refractivity contribution in [3.8, 4) is 0 Å². The van der Waals surface area contributed by atoms with Crippen molar-refractivity contribution < 1.29 is 19.4 Å². The summed E-state index contributed by atoms with van der Waals surface area (Å²) in [5.74, 6) is -1.17. The molecule has 1 unspecified atom stereocenters. The van der Waals surface area contributed by atoms with Crippen LogP contribution in [0.5, 0.6) is 0 Å². The average Bonchev–Trinajstić information content (AvgIpc) is 2.12. The summed E-state index contributed by atoms with van der Waals surface area (Å²) in [4.78, 5) is 22.5. The monoisotopic (exact) mass is 231 g/mol. The molecule has 5 heteroatoms. The van der Waals surface area contributed by atoms with E-state index in [0.717, 1.165) is 0 Å². The lowest BCUT2D eigenvalue weighted by molar-refractivity contribution is -0.150. The molecule has 0 aliphatic carbocycles. The molecule has 0 spiro atoms. The maximum absolute atomic E-state index is 11.5. The fourth-order valence-electron chi connectivity index (χ4n) is 1.24. The number of carboxylic acid groups (broad SMARTS) is 1. The first kappa shape index (κ1) is 14.9. The van der Waals surface area contributed by atoms with Crippen molar-refractivity contribution in [3.63, 3.8) is 0 Å². The van der Waals surface area contributed by atoms with Crippen LogP contribution in [0.2, 0.25) is 0 Å². The largest absolute Gasteiger partial charge is 0.480 e. The van der Waals surface area contributed by atoms with E-state index in [0.29, 0.717) is 6.42 Å². The molecule has 0 saturated carbocycles. The second-order valence-corrected chi connectivity index (χ2v) is 4.74. The number of carbonyl (C=O) groups is 2. The Morgan fingerprint density at radius 1 is 1.38 bits per heavy atom. The SMILES string of the molecule is COC(C)(C)C(NC(=O)CC(C)C)C(=O)O. The zero-order valence-electron chi connectivity index (χ0n) is 10.5. The van der Waals surface area contributed by atoms with Gasteiger partial charge in [0.2, 0.25) is 5.91 Å². The van der Waals surface area contributed by atoms with Gasteiger partial charge in [-0.1, -0.05) is 13.8 Å². The molecule has 0 heterocycles. The van der Waals surface area contributed by atoms with Gasteiger partial charge in [-0.2, -0.15) is 0 Å². The lowest BCUT2D eigenvalue weighted by Gasteiger charge is -2.30. The van der Waals surface area contributed by atoms with E-state index in [-0.39, 0.29) is 11.8 Å². The van der Waals surface area contributed by atoms with Crippen LogP contribution in [-0.4, -0.2) is 35.7 Å². The first-order valence-corrected chi connectivity index (χ1v) is 5.28. The molecule has 0 fully saturated rings. The van der Waals surface area contributed by atoms with Gasteiger partial charge in [0.05, 0.1) is 5.60 Å². The van der Waals surface area contributed by atoms with Crippen LogP contribution in [-0.2, 0) is 14.3 Å². The highest BCUT2D eigenvalue weighted by atomic mass is 16.5. The molecule has 2 N–H and O–H groups in total. The van der Waals surface area contributed by atoms with Crippen molar-refractivity contribution in [1.82, 2.24) is 5.32 Å². The van der Waals surface area contributed by atoms with E-state index >= 15 is 0 Å². The van der Waals surface area contributed by atoms with Crippen LogP contribution in [0.4, 0.5) is 0 Å². The summed E-state index contributed by atoms with van der Waals surface area (Å²) in [6.07, 6.45) is 0.309. The molecule has 0 rings (SSSR count). The molecule has 1 atom stereocenters. The maximum Gasteiger partial charge on any atom is 0.329 e. The smallest absolute Gasteiger partial charge is 0.329 e. The minimum Gasteiger partial charge on any atom is -0.480 e. The number of ether oxygens (including phenoxy) is 1. The summed E-state index contributed by atoms with van der Waals surface area (Å²) < 4.78 is 5.07. The zero-order chi connectivity index (χ0) is 12.9. The molecule has 16 heavy (non-hydrogen) atoms. The second-order valence-electron chi connectivity index (χ2n) is 4.74. The molecule has 0 aromatic carbocycles. The number of hydrogen-bond acceptors (Lipinski definition) is 3. The number of aliphatic carboxylic acids is 1. The van der Waals surface area contributed by atoms with Gasteiger partial charge < -0.3 is 15.2 Å². The van der Waals surface area contributed by atoms with Crippen molar-refractivity contribution in [1.29, 1.82) is 0 Å². The molecule has 5 nitrogen and oxygen atoms in total. The molecule has 0 radical (unpaired) electrons. The summed E-state index contributed by atoms with van der Waals surface area (Å²) in [7, 11) is 1.42. The van der Waals surface area contributed by atoms with Gasteiger partial charge in [0.1, 0.15) is 0 Å². The third-order valence-corrected chi connectivity index (χ3v) is 2.37. The van der Waals surface area contributed by atoms with Crippen LogP contribution in [0.3, 0.4) is 0 Å². The molecule has 0 aliphatic heterocycles. The minimum atomic E-state index is -1.09. The fourth-order valence-corrected chi connectivity index (χ4v) is 1.24. The van der Waals surface area contributed by atoms with Gasteiger partial charge in [-0.15, -0.1) is 0 Å². The minimum absolute atomic E-state index is 0.195. The van der Waals surface area contributed by atoms with E-state index in [1.165, 1.54) is 7.11 Å². The standard InChI is InChI=1S/C11H21NO4/c1-7(2)6-8(13)12-9(10(14)15)11(3,4)16-5/h7,9H,6H2,1-5H3,(H,12,13)(H,14,15). The van der Waals surface area contributed by atoms with Crippen molar-refractivity contribution in [3.05, 3.63) is 0 Å². The highest BCUT2D eigenvalue weighted by molar-refractivity contribution is 5.84. The van der Waals surface area contributed by atoms with Crippen molar-refractivity contribution in [2.24, 2.45) is 5.92 Å². The van der Waals surface area contributed by atoms with Gasteiger partial charge in [0.25, 0.3) is 0 Å². The Balaban J connectivity index is 4.59. The lowest BCUT2D eigenvalue weighted by atomic mass is 9.98. The van der Waals surface area contributed by atoms with E-state index in [2.05, 4.69) is 5.32 Å². The van der Waals surface area contributed by atoms with Crippen LogP contribution in [0.15, 0.2) is 0 Å². The molecule has 1 amide bonds. The Kier molecular flexibility index (Phi) is 5.44. The molecule has 0 aromatic heterocycles. The Bertz CT molecular complexity index is 261. The summed E-state index contributed by atoms with van der Waals surface area (Å²) in [6.45, 7) is 7.05.